The highest BCUT2D eigenvalue weighted by molar-refractivity contribution is 7.15. The molecule has 0 unspecified atom stereocenters. The molecule has 8 nitrogen and oxygen atoms in total. The molecule has 2 N–H and O–H groups in total. The summed E-state index contributed by atoms with van der Waals surface area (Å²) >= 11 is 9.78. The maximum atomic E-state index is 13.3. The van der Waals surface area contributed by atoms with Gasteiger partial charge in [0, 0.05) is 67.3 Å². The summed E-state index contributed by atoms with van der Waals surface area (Å²) in [5.41, 5.74) is 10.6. The van der Waals surface area contributed by atoms with Gasteiger partial charge in [0.05, 0.1) is 12.1 Å². The molecule has 3 aromatic carbocycles. The maximum Gasteiger partial charge on any atom is 0.222 e. The van der Waals surface area contributed by atoms with Gasteiger partial charge in [-0.2, -0.15) is 0 Å². The summed E-state index contributed by atoms with van der Waals surface area (Å²) in [5.74, 6) is 1.47. The summed E-state index contributed by atoms with van der Waals surface area (Å²) < 4.78 is 4.53. The van der Waals surface area contributed by atoms with Crippen molar-refractivity contribution >= 4 is 67.7 Å². The third-order valence-corrected chi connectivity index (χ3v) is 13.7. The van der Waals surface area contributed by atoms with Gasteiger partial charge in [-0.1, -0.05) is 61.2 Å². The molecular formula is C46H50ClN7OS2. The molecule has 1 aliphatic heterocycles. The van der Waals surface area contributed by atoms with Crippen LogP contribution in [0.4, 0.5) is 0 Å². The smallest absolute Gasteiger partial charge is 0.222 e. The van der Waals surface area contributed by atoms with Gasteiger partial charge in [0.25, 0.3) is 0 Å². The van der Waals surface area contributed by atoms with Crippen LogP contribution in [0.15, 0.2) is 77.1 Å². The quantitative estimate of drug-likeness (QED) is 0.101. The van der Waals surface area contributed by atoms with Crippen molar-refractivity contribution in [1.29, 1.82) is 0 Å². The van der Waals surface area contributed by atoms with Gasteiger partial charge in [-0.25, -0.2) is 0 Å². The van der Waals surface area contributed by atoms with Crippen molar-refractivity contribution in [2.75, 3.05) is 13.1 Å². The summed E-state index contributed by atoms with van der Waals surface area (Å²) in [4.78, 5) is 21.1. The molecule has 11 heteroatoms. The Hall–Kier alpha value is -4.61. The van der Waals surface area contributed by atoms with Gasteiger partial charge in [0.1, 0.15) is 16.9 Å². The Labute approximate surface area is 348 Å². The van der Waals surface area contributed by atoms with Crippen molar-refractivity contribution in [1.82, 2.24) is 30.0 Å². The number of fused-ring (bicyclic) bond motifs is 6. The molecule has 5 heterocycles. The SMILES string of the molecule is CCn1c2ccc(CNCCCCCCCNC(=O)C[C@@H]3N=C(c4ccc(Cl)cc4)c4c(sc(C)c4C)-n4c(C)nnc43)cc2c2ccc(-c3cc(C)cs3)cc21. The fourth-order valence-electron chi connectivity index (χ4n) is 8.08. The number of aliphatic imine (C=N–C) groups is 1. The zero-order valence-electron chi connectivity index (χ0n) is 33.4. The molecule has 4 aromatic heterocycles. The summed E-state index contributed by atoms with van der Waals surface area (Å²) in [5, 5.41) is 22.4. The van der Waals surface area contributed by atoms with Gasteiger partial charge in [-0.15, -0.1) is 32.9 Å². The van der Waals surface area contributed by atoms with E-state index in [1.165, 1.54) is 60.2 Å². The highest BCUT2D eigenvalue weighted by Crippen LogP contribution is 2.40. The Morgan fingerprint density at radius 1 is 0.842 bits per heavy atom. The highest BCUT2D eigenvalue weighted by atomic mass is 35.5. The lowest BCUT2D eigenvalue weighted by Crippen LogP contribution is -2.26. The number of amides is 1. The van der Waals surface area contributed by atoms with E-state index in [9.17, 15) is 4.79 Å². The molecule has 1 atom stereocenters. The van der Waals surface area contributed by atoms with E-state index in [1.54, 1.807) is 11.3 Å². The summed E-state index contributed by atoms with van der Waals surface area (Å²) in [7, 11) is 0. The van der Waals surface area contributed by atoms with Crippen LogP contribution in [0.1, 0.15) is 95.8 Å². The number of rotatable bonds is 15. The van der Waals surface area contributed by atoms with Gasteiger partial charge >= 0.3 is 0 Å². The van der Waals surface area contributed by atoms with Crippen molar-refractivity contribution < 1.29 is 4.79 Å². The first-order chi connectivity index (χ1) is 27.7. The average Bonchev–Trinajstić information content (AvgIpc) is 3.95. The maximum absolute atomic E-state index is 13.3. The Bertz CT molecular complexity index is 2590. The number of aromatic nitrogens is 4. The van der Waals surface area contributed by atoms with E-state index in [1.807, 2.05) is 42.5 Å². The Morgan fingerprint density at radius 3 is 2.39 bits per heavy atom. The topological polar surface area (TPSA) is 89.1 Å². The number of carbonyl (C=O) groups is 1. The molecule has 294 valence electrons. The number of unbranched alkanes of at least 4 members (excludes halogenated alkanes) is 4. The summed E-state index contributed by atoms with van der Waals surface area (Å²) in [6, 6.07) is 23.5. The predicted octanol–water partition coefficient (Wildman–Crippen LogP) is 11.2. The predicted molar refractivity (Wildman–Crippen MR) is 239 cm³/mol. The zero-order chi connectivity index (χ0) is 39.6. The van der Waals surface area contributed by atoms with E-state index in [2.05, 4.69) is 106 Å². The zero-order valence-corrected chi connectivity index (χ0v) is 35.8. The van der Waals surface area contributed by atoms with Gasteiger partial charge < -0.3 is 15.2 Å². The van der Waals surface area contributed by atoms with Crippen molar-refractivity contribution in [2.24, 2.45) is 4.99 Å². The molecule has 0 saturated carbocycles. The lowest BCUT2D eigenvalue weighted by Gasteiger charge is -2.13. The van der Waals surface area contributed by atoms with Crippen molar-refractivity contribution in [3.63, 3.8) is 0 Å². The molecule has 7 aromatic rings. The second-order valence-corrected chi connectivity index (χ2v) is 17.8. The second-order valence-electron chi connectivity index (χ2n) is 15.2. The average molecular weight is 817 g/mol. The minimum atomic E-state index is -0.462. The number of aryl methyl sites for hydroxylation is 4. The van der Waals surface area contributed by atoms with Gasteiger partial charge in [0.2, 0.25) is 5.91 Å². The third kappa shape index (κ3) is 8.10. The van der Waals surface area contributed by atoms with Crippen LogP contribution in [0.25, 0.3) is 37.2 Å². The van der Waals surface area contributed by atoms with Crippen LogP contribution in [0.3, 0.4) is 0 Å². The van der Waals surface area contributed by atoms with Crippen molar-refractivity contribution in [3.8, 4) is 15.4 Å². The summed E-state index contributed by atoms with van der Waals surface area (Å²) in [6.45, 7) is 14.1. The van der Waals surface area contributed by atoms with Crippen LogP contribution in [0.5, 0.6) is 0 Å². The molecule has 8 rings (SSSR count). The molecule has 0 saturated heterocycles. The van der Waals surface area contributed by atoms with Crippen LogP contribution < -0.4 is 10.6 Å². The van der Waals surface area contributed by atoms with E-state index in [0.717, 1.165) is 73.0 Å². The first kappa shape index (κ1) is 39.2. The molecule has 57 heavy (non-hydrogen) atoms. The third-order valence-electron chi connectivity index (χ3n) is 11.2. The second kappa shape index (κ2) is 17.1. The molecule has 0 radical (unpaired) electrons. The molecular weight excluding hydrogens is 766 g/mol. The van der Waals surface area contributed by atoms with Crippen molar-refractivity contribution in [3.05, 3.63) is 121 Å². The number of thiophene rings is 2. The van der Waals surface area contributed by atoms with Crippen LogP contribution in [0, 0.1) is 27.7 Å². The number of nitrogens with one attached hydrogen (secondary N) is 2. The summed E-state index contributed by atoms with van der Waals surface area (Å²) in [6.07, 6.45) is 5.69. The van der Waals surface area contributed by atoms with Gasteiger partial charge in [-0.3, -0.25) is 14.4 Å². The number of halogens is 1. The first-order valence-corrected chi connectivity index (χ1v) is 22.2. The van der Waals surface area contributed by atoms with E-state index in [0.29, 0.717) is 17.4 Å². The highest BCUT2D eigenvalue weighted by Gasteiger charge is 2.32. The van der Waals surface area contributed by atoms with Crippen LogP contribution in [0.2, 0.25) is 5.02 Å². The molecule has 0 aliphatic carbocycles. The van der Waals surface area contributed by atoms with Crippen LogP contribution in [-0.2, 0) is 17.9 Å². The lowest BCUT2D eigenvalue weighted by molar-refractivity contribution is -0.121. The molecule has 0 bridgehead atoms. The van der Waals surface area contributed by atoms with E-state index in [4.69, 9.17) is 16.6 Å². The fourth-order valence-corrected chi connectivity index (χ4v) is 10.3. The molecule has 1 amide bonds. The number of nitrogens with zero attached hydrogens (tertiary/aromatic N) is 5. The Balaban J connectivity index is 0.800. The first-order valence-electron chi connectivity index (χ1n) is 20.1. The molecule has 1 aliphatic rings. The normalized spacial score (nSPS) is 13.9. The van der Waals surface area contributed by atoms with Crippen LogP contribution >= 0.6 is 34.3 Å². The van der Waals surface area contributed by atoms with E-state index in [-0.39, 0.29) is 12.3 Å². The van der Waals surface area contributed by atoms with E-state index >= 15 is 0 Å². The standard InChI is InChI=1S/C46H50ClN7OS2/c1-6-53-39-19-12-32(23-37(39)36-18-15-34(24-40(36)53)41-22-28(2)27-56-41)26-48-20-10-8-7-9-11-21-49-42(55)25-38-45-52-51-31(5)54(45)46-43(29(3)30(4)57-46)44(50-38)33-13-16-35(47)17-14-33/h12-19,22-24,27,38,48H,6-11,20-21,25-26H2,1-5H3,(H,49,55)/t38-/m0/s1. The Morgan fingerprint density at radius 2 is 1.61 bits per heavy atom. The van der Waals surface area contributed by atoms with Crippen LogP contribution in [-0.4, -0.2) is 44.0 Å². The number of hydrogen-bond donors (Lipinski definition) is 2. The largest absolute Gasteiger partial charge is 0.356 e. The minimum Gasteiger partial charge on any atom is -0.356 e. The molecule has 0 spiro atoms. The fraction of sp³-hybridized carbons (Fsp3) is 0.348. The minimum absolute atomic E-state index is 0.0237. The van der Waals surface area contributed by atoms with E-state index < -0.39 is 6.04 Å². The number of benzene rings is 3. The number of carbonyl (C=O) groups excluding carboxylic acids is 1. The van der Waals surface area contributed by atoms with Gasteiger partial charge in [0.15, 0.2) is 5.82 Å². The Kier molecular flexibility index (Phi) is 11.8. The lowest BCUT2D eigenvalue weighted by atomic mass is 9.99. The monoisotopic (exact) mass is 815 g/mol. The molecule has 0 fully saturated rings. The number of hydrogen-bond acceptors (Lipinski definition) is 7. The van der Waals surface area contributed by atoms with Gasteiger partial charge in [-0.05, 0) is 118 Å². The van der Waals surface area contributed by atoms with Crippen molar-refractivity contribution in [2.45, 2.75) is 92.3 Å².